The number of hydrogen-bond donors (Lipinski definition) is 4. The van der Waals surface area contributed by atoms with Crippen molar-refractivity contribution in [1.82, 2.24) is 16.0 Å². The average molecular weight is 575 g/mol. The van der Waals surface area contributed by atoms with E-state index in [4.69, 9.17) is 24.7 Å². The van der Waals surface area contributed by atoms with E-state index in [9.17, 15) is 19.2 Å². The fourth-order valence-corrected chi connectivity index (χ4v) is 3.69. The van der Waals surface area contributed by atoms with E-state index < -0.39 is 29.8 Å². The van der Waals surface area contributed by atoms with Gasteiger partial charge in [-0.2, -0.15) is 0 Å². The van der Waals surface area contributed by atoms with Crippen molar-refractivity contribution in [3.05, 3.63) is 0 Å². The zero-order valence-corrected chi connectivity index (χ0v) is 24.9. The Morgan fingerprint density at radius 2 is 1.15 bits per heavy atom. The number of nitrogens with two attached hydrogens (primary N) is 1. The molecule has 40 heavy (non-hydrogen) atoms. The molecule has 4 amide bonds. The predicted octanol–water partition coefficient (Wildman–Crippen LogP) is 1.58. The van der Waals surface area contributed by atoms with Crippen molar-refractivity contribution in [2.75, 3.05) is 59.4 Å². The molecule has 0 radical (unpaired) electrons. The molecule has 0 saturated heterocycles. The third-order valence-electron chi connectivity index (χ3n) is 5.99. The topological polar surface area (TPSA) is 167 Å². The van der Waals surface area contributed by atoms with Gasteiger partial charge in [-0.15, -0.1) is 0 Å². The summed E-state index contributed by atoms with van der Waals surface area (Å²) in [7, 11) is 0. The second-order valence-electron chi connectivity index (χ2n) is 9.49. The van der Waals surface area contributed by atoms with Crippen LogP contribution in [0.4, 0.5) is 0 Å². The number of rotatable bonds is 28. The normalized spacial score (nSPS) is 12.5. The number of nitrogens with one attached hydrogen (secondary N) is 3. The van der Waals surface area contributed by atoms with Gasteiger partial charge in [0.2, 0.25) is 23.6 Å². The van der Waals surface area contributed by atoms with E-state index in [0.717, 1.165) is 44.9 Å². The molecule has 0 fully saturated rings. The molecular formula is C28H54N4O8. The Morgan fingerprint density at radius 3 is 1.73 bits per heavy atom. The highest BCUT2D eigenvalue weighted by molar-refractivity contribution is 5.92. The van der Waals surface area contributed by atoms with Crippen LogP contribution >= 0.6 is 0 Å². The van der Waals surface area contributed by atoms with E-state index in [1.54, 1.807) is 0 Å². The highest BCUT2D eigenvalue weighted by Gasteiger charge is 2.22. The number of carbonyl (C=O) groups excluding carboxylic acids is 4. The van der Waals surface area contributed by atoms with Crippen LogP contribution in [0.15, 0.2) is 0 Å². The molecule has 0 heterocycles. The Labute approximate surface area is 240 Å². The maximum Gasteiger partial charge on any atom is 0.243 e. The predicted molar refractivity (Wildman–Crippen MR) is 153 cm³/mol. The third-order valence-corrected chi connectivity index (χ3v) is 5.99. The maximum atomic E-state index is 12.7. The number of carbonyl (C=O) groups is 4. The summed E-state index contributed by atoms with van der Waals surface area (Å²) < 4.78 is 21.3. The van der Waals surface area contributed by atoms with Crippen LogP contribution in [0.3, 0.4) is 0 Å². The summed E-state index contributed by atoms with van der Waals surface area (Å²) in [5.41, 5.74) is 5.43. The zero-order chi connectivity index (χ0) is 29.8. The third kappa shape index (κ3) is 22.5. The second kappa shape index (κ2) is 26.9. The molecule has 0 aromatic rings. The van der Waals surface area contributed by atoms with Gasteiger partial charge in [-0.05, 0) is 19.8 Å². The molecule has 5 N–H and O–H groups in total. The first-order valence-corrected chi connectivity index (χ1v) is 14.8. The van der Waals surface area contributed by atoms with E-state index in [1.165, 1.54) is 0 Å². The van der Waals surface area contributed by atoms with Crippen molar-refractivity contribution in [2.24, 2.45) is 5.73 Å². The molecule has 0 unspecified atom stereocenters. The van der Waals surface area contributed by atoms with Crippen molar-refractivity contribution in [2.45, 2.75) is 97.1 Å². The fourth-order valence-electron chi connectivity index (χ4n) is 3.69. The Bertz CT molecular complexity index is 681. The lowest BCUT2D eigenvalue weighted by Crippen LogP contribution is -2.51. The molecule has 12 heteroatoms. The van der Waals surface area contributed by atoms with Crippen LogP contribution in [0.25, 0.3) is 0 Å². The van der Waals surface area contributed by atoms with Gasteiger partial charge >= 0.3 is 0 Å². The van der Waals surface area contributed by atoms with Crippen LogP contribution in [-0.2, 0) is 38.1 Å². The van der Waals surface area contributed by atoms with E-state index in [0.29, 0.717) is 59.1 Å². The van der Waals surface area contributed by atoms with Crippen molar-refractivity contribution < 1.29 is 38.1 Å². The lowest BCUT2D eigenvalue weighted by Gasteiger charge is -2.19. The molecule has 12 nitrogen and oxygen atoms in total. The quantitative estimate of drug-likeness (QED) is 0.102. The van der Waals surface area contributed by atoms with Crippen molar-refractivity contribution >= 4 is 23.6 Å². The Balaban J connectivity index is 4.26. The van der Waals surface area contributed by atoms with Gasteiger partial charge in [0.25, 0.3) is 0 Å². The van der Waals surface area contributed by atoms with Crippen LogP contribution in [0.1, 0.15) is 85.0 Å². The van der Waals surface area contributed by atoms with Gasteiger partial charge in [0.05, 0.1) is 52.8 Å². The van der Waals surface area contributed by atoms with E-state index in [-0.39, 0.29) is 25.5 Å². The Kier molecular flexibility index (Phi) is 25.4. The molecule has 0 aliphatic carbocycles. The molecule has 234 valence electrons. The summed E-state index contributed by atoms with van der Waals surface area (Å²) in [5.74, 6) is -1.87. The summed E-state index contributed by atoms with van der Waals surface area (Å²) in [6.07, 6.45) is 7.65. The average Bonchev–Trinajstić information content (AvgIpc) is 2.93. The SMILES string of the molecule is CCCCCCC[C@H](NC(=O)CNC(=O)[C@H](CCCC)NC(=O)CCOCCOCCOCCOCC)C(N)=O. The first-order chi connectivity index (χ1) is 19.3. The van der Waals surface area contributed by atoms with Crippen LogP contribution in [0.5, 0.6) is 0 Å². The van der Waals surface area contributed by atoms with Gasteiger partial charge in [0.15, 0.2) is 0 Å². The second-order valence-corrected chi connectivity index (χ2v) is 9.49. The van der Waals surface area contributed by atoms with Gasteiger partial charge in [-0.25, -0.2) is 0 Å². The number of unbranched alkanes of at least 4 members (excludes halogenated alkanes) is 5. The maximum absolute atomic E-state index is 12.7. The van der Waals surface area contributed by atoms with Crippen LogP contribution in [0.2, 0.25) is 0 Å². The minimum Gasteiger partial charge on any atom is -0.379 e. The first-order valence-electron chi connectivity index (χ1n) is 14.8. The lowest BCUT2D eigenvalue weighted by molar-refractivity contribution is -0.131. The fraction of sp³-hybridized carbons (Fsp3) is 0.857. The number of primary amides is 1. The molecule has 0 aliphatic heterocycles. The standard InChI is InChI=1S/C28H54N4O8/c1-4-7-9-10-11-13-23(27(29)35)31-26(34)22-30-28(36)24(12-8-5-2)32-25(33)14-15-38-18-19-40-21-20-39-17-16-37-6-3/h23-24H,4-22H2,1-3H3,(H2,29,35)(H,30,36)(H,31,34)(H,32,33)/t23-,24-/m0/s1. The molecule has 0 aromatic carbocycles. The van der Waals surface area contributed by atoms with Gasteiger partial charge < -0.3 is 40.6 Å². The molecule has 0 bridgehead atoms. The van der Waals surface area contributed by atoms with E-state index >= 15 is 0 Å². The van der Waals surface area contributed by atoms with Crippen molar-refractivity contribution in [3.63, 3.8) is 0 Å². The summed E-state index contributed by atoms with van der Waals surface area (Å²) in [6, 6.07) is -1.54. The van der Waals surface area contributed by atoms with Gasteiger partial charge in [-0.1, -0.05) is 58.8 Å². The molecular weight excluding hydrogens is 520 g/mol. The molecule has 0 rings (SSSR count). The number of hydrogen-bond acceptors (Lipinski definition) is 8. The molecule has 2 atom stereocenters. The van der Waals surface area contributed by atoms with Crippen molar-refractivity contribution in [3.8, 4) is 0 Å². The summed E-state index contributed by atoms with van der Waals surface area (Å²) in [6.45, 7) is 9.33. The monoisotopic (exact) mass is 574 g/mol. The minimum absolute atomic E-state index is 0.0927. The van der Waals surface area contributed by atoms with Crippen LogP contribution in [-0.4, -0.2) is 95.1 Å². The Morgan fingerprint density at radius 1 is 0.625 bits per heavy atom. The summed E-state index contributed by atoms with van der Waals surface area (Å²) >= 11 is 0. The largest absolute Gasteiger partial charge is 0.379 e. The summed E-state index contributed by atoms with van der Waals surface area (Å²) in [5, 5.41) is 7.88. The van der Waals surface area contributed by atoms with Crippen molar-refractivity contribution in [1.29, 1.82) is 0 Å². The number of ether oxygens (including phenoxy) is 4. The van der Waals surface area contributed by atoms with Crippen LogP contribution in [0, 0.1) is 0 Å². The van der Waals surface area contributed by atoms with Gasteiger partial charge in [0.1, 0.15) is 12.1 Å². The first kappa shape index (κ1) is 37.7. The molecule has 0 spiro atoms. The smallest absolute Gasteiger partial charge is 0.243 e. The van der Waals surface area contributed by atoms with Gasteiger partial charge in [-0.3, -0.25) is 19.2 Å². The Hall–Kier alpha value is -2.28. The van der Waals surface area contributed by atoms with Crippen LogP contribution < -0.4 is 21.7 Å². The van der Waals surface area contributed by atoms with Gasteiger partial charge in [0, 0.05) is 13.0 Å². The number of amides is 4. The molecule has 0 aliphatic rings. The lowest BCUT2D eigenvalue weighted by atomic mass is 10.1. The van der Waals surface area contributed by atoms with E-state index in [1.807, 2.05) is 13.8 Å². The van der Waals surface area contributed by atoms with E-state index in [2.05, 4.69) is 22.9 Å². The molecule has 0 aromatic heterocycles. The summed E-state index contributed by atoms with van der Waals surface area (Å²) in [4.78, 5) is 49.1. The highest BCUT2D eigenvalue weighted by atomic mass is 16.6. The zero-order valence-electron chi connectivity index (χ0n) is 24.9. The minimum atomic E-state index is -0.772. The molecule has 0 saturated carbocycles. The highest BCUT2D eigenvalue weighted by Crippen LogP contribution is 2.07.